The van der Waals surface area contributed by atoms with Gasteiger partial charge in [-0.25, -0.2) is 4.98 Å². The van der Waals surface area contributed by atoms with Crippen LogP contribution in [-0.2, 0) is 5.75 Å². The van der Waals surface area contributed by atoms with Gasteiger partial charge in [0, 0.05) is 17.0 Å². The van der Waals surface area contributed by atoms with Crippen LogP contribution in [0.5, 0.6) is 5.75 Å². The summed E-state index contributed by atoms with van der Waals surface area (Å²) in [5.41, 5.74) is 7.55. The Bertz CT molecular complexity index is 471. The van der Waals surface area contributed by atoms with Crippen molar-refractivity contribution in [3.63, 3.8) is 0 Å². The lowest BCUT2D eigenvalue weighted by Gasteiger charge is -2.09. The quantitative estimate of drug-likeness (QED) is 0.653. The molecule has 0 bridgehead atoms. The van der Waals surface area contributed by atoms with Gasteiger partial charge in [0.15, 0.2) is 0 Å². The predicted octanol–water partition coefficient (Wildman–Crippen LogP) is 2.95. The highest BCUT2D eigenvalue weighted by atomic mass is 32.2. The number of benzene rings is 1. The summed E-state index contributed by atoms with van der Waals surface area (Å²) in [6, 6.07) is 5.65. The summed E-state index contributed by atoms with van der Waals surface area (Å²) in [6.07, 6.45) is 3.19. The predicted molar refractivity (Wildman–Crippen MR) is 68.1 cm³/mol. The van der Waals surface area contributed by atoms with Crippen molar-refractivity contribution in [2.75, 3.05) is 12.3 Å². The largest absolute Gasteiger partial charge is 0.494 e. The first-order valence-corrected chi connectivity index (χ1v) is 6.31. The molecule has 0 aliphatic carbocycles. The number of hydrogen-bond acceptors (Lipinski definition) is 5. The fourth-order valence-corrected chi connectivity index (χ4v) is 2.19. The Morgan fingerprint density at radius 3 is 3.06 bits per heavy atom. The van der Waals surface area contributed by atoms with E-state index in [4.69, 9.17) is 14.9 Å². The molecule has 2 rings (SSSR count). The van der Waals surface area contributed by atoms with Gasteiger partial charge in [-0.05, 0) is 25.1 Å². The number of hydrogen-bond donors (Lipinski definition) is 1. The maximum Gasteiger partial charge on any atom is 0.255 e. The number of ether oxygens (including phenoxy) is 1. The normalized spacial score (nSPS) is 10.4. The zero-order chi connectivity index (χ0) is 12.1. The van der Waals surface area contributed by atoms with Gasteiger partial charge in [-0.2, -0.15) is 0 Å². The highest BCUT2D eigenvalue weighted by molar-refractivity contribution is 7.98. The number of rotatable bonds is 5. The van der Waals surface area contributed by atoms with Crippen LogP contribution >= 0.6 is 11.8 Å². The lowest BCUT2D eigenvalue weighted by atomic mass is 10.2. The van der Waals surface area contributed by atoms with Crippen LogP contribution in [0.2, 0.25) is 0 Å². The van der Waals surface area contributed by atoms with Crippen LogP contribution < -0.4 is 10.5 Å². The van der Waals surface area contributed by atoms with Crippen molar-refractivity contribution in [2.24, 2.45) is 0 Å². The number of oxazole rings is 1. The molecular formula is C12H14N2O2S. The number of anilines is 1. The molecule has 0 aliphatic heterocycles. The van der Waals surface area contributed by atoms with E-state index < -0.39 is 0 Å². The molecule has 2 aromatic rings. The first-order chi connectivity index (χ1) is 8.29. The lowest BCUT2D eigenvalue weighted by Crippen LogP contribution is -1.97. The summed E-state index contributed by atoms with van der Waals surface area (Å²) in [5, 5.41) is 0.648. The molecule has 4 nitrogen and oxygen atoms in total. The van der Waals surface area contributed by atoms with Crippen molar-refractivity contribution < 1.29 is 9.15 Å². The van der Waals surface area contributed by atoms with Crippen molar-refractivity contribution in [3.05, 3.63) is 36.2 Å². The van der Waals surface area contributed by atoms with Gasteiger partial charge in [-0.15, -0.1) is 0 Å². The highest BCUT2D eigenvalue weighted by Gasteiger charge is 2.06. The minimum Gasteiger partial charge on any atom is -0.494 e. The fourth-order valence-electron chi connectivity index (χ4n) is 1.43. The minimum absolute atomic E-state index is 0.639. The van der Waals surface area contributed by atoms with Gasteiger partial charge in [-0.1, -0.05) is 11.8 Å². The van der Waals surface area contributed by atoms with Crippen molar-refractivity contribution in [1.29, 1.82) is 0 Å². The Balaban J connectivity index is 2.10. The number of nitrogens with zero attached hydrogens (tertiary/aromatic N) is 1. The van der Waals surface area contributed by atoms with E-state index >= 15 is 0 Å². The van der Waals surface area contributed by atoms with E-state index in [9.17, 15) is 0 Å². The van der Waals surface area contributed by atoms with E-state index in [0.717, 1.165) is 22.8 Å². The molecule has 0 saturated heterocycles. The molecular weight excluding hydrogens is 236 g/mol. The van der Waals surface area contributed by atoms with Crippen molar-refractivity contribution in [1.82, 2.24) is 4.98 Å². The summed E-state index contributed by atoms with van der Waals surface area (Å²) in [7, 11) is 0. The van der Waals surface area contributed by atoms with Gasteiger partial charge in [-0.3, -0.25) is 0 Å². The van der Waals surface area contributed by atoms with Gasteiger partial charge in [0.05, 0.1) is 12.8 Å². The molecule has 0 spiro atoms. The Hall–Kier alpha value is -1.62. The highest BCUT2D eigenvalue weighted by Crippen LogP contribution is 2.28. The zero-order valence-electron chi connectivity index (χ0n) is 9.55. The molecule has 17 heavy (non-hydrogen) atoms. The Kier molecular flexibility index (Phi) is 3.93. The van der Waals surface area contributed by atoms with Crippen LogP contribution in [0.15, 0.2) is 40.3 Å². The fraction of sp³-hybridized carbons (Fsp3) is 0.250. The van der Waals surface area contributed by atoms with Gasteiger partial charge >= 0.3 is 0 Å². The third-order valence-electron chi connectivity index (χ3n) is 2.15. The van der Waals surface area contributed by atoms with Gasteiger partial charge in [0.2, 0.25) is 0 Å². The van der Waals surface area contributed by atoms with Crippen LogP contribution in [0.4, 0.5) is 5.69 Å². The molecule has 5 heteroatoms. The molecule has 1 aromatic heterocycles. The molecule has 0 fully saturated rings. The number of nitrogen functional groups attached to an aromatic ring is 1. The summed E-state index contributed by atoms with van der Waals surface area (Å²) in [6.45, 7) is 2.60. The second-order valence-corrected chi connectivity index (χ2v) is 4.31. The van der Waals surface area contributed by atoms with E-state index in [1.54, 1.807) is 12.5 Å². The minimum atomic E-state index is 0.639. The molecule has 0 atom stereocenters. The van der Waals surface area contributed by atoms with E-state index in [1.807, 2.05) is 25.1 Å². The Labute approximate surface area is 104 Å². The summed E-state index contributed by atoms with van der Waals surface area (Å²) < 4.78 is 10.7. The standard InChI is InChI=1S/C12H14N2O2S/c1-2-15-11-4-3-10(13)7-9(11)8-17-12-14-5-6-16-12/h3-7H,2,8,13H2,1H3. The van der Waals surface area contributed by atoms with Crippen LogP contribution in [0, 0.1) is 0 Å². The molecule has 0 unspecified atom stereocenters. The van der Waals surface area contributed by atoms with Crippen LogP contribution in [0.1, 0.15) is 12.5 Å². The maximum absolute atomic E-state index is 5.77. The second kappa shape index (κ2) is 5.63. The van der Waals surface area contributed by atoms with E-state index in [0.29, 0.717) is 11.8 Å². The van der Waals surface area contributed by atoms with Crippen molar-refractivity contribution >= 4 is 17.4 Å². The molecule has 0 saturated carbocycles. The lowest BCUT2D eigenvalue weighted by molar-refractivity contribution is 0.337. The van der Waals surface area contributed by atoms with Crippen molar-refractivity contribution in [2.45, 2.75) is 17.9 Å². The summed E-state index contributed by atoms with van der Waals surface area (Å²) in [4.78, 5) is 4.05. The maximum atomic E-state index is 5.77. The van der Waals surface area contributed by atoms with E-state index in [-0.39, 0.29) is 0 Å². The summed E-state index contributed by atoms with van der Waals surface area (Å²) >= 11 is 1.52. The van der Waals surface area contributed by atoms with Gasteiger partial charge in [0.25, 0.3) is 5.22 Å². The van der Waals surface area contributed by atoms with E-state index in [1.165, 1.54) is 11.8 Å². The zero-order valence-corrected chi connectivity index (χ0v) is 10.4. The third kappa shape index (κ3) is 3.17. The third-order valence-corrected chi connectivity index (χ3v) is 3.05. The average Bonchev–Trinajstić information content (AvgIpc) is 2.82. The van der Waals surface area contributed by atoms with Gasteiger partial charge in [0.1, 0.15) is 12.0 Å². The van der Waals surface area contributed by atoms with Crippen LogP contribution in [0.3, 0.4) is 0 Å². The van der Waals surface area contributed by atoms with Crippen molar-refractivity contribution in [3.8, 4) is 5.75 Å². The topological polar surface area (TPSA) is 61.3 Å². The smallest absolute Gasteiger partial charge is 0.255 e. The SMILES string of the molecule is CCOc1ccc(N)cc1CSc1ncco1. The molecule has 1 aromatic carbocycles. The molecule has 2 N–H and O–H groups in total. The molecule has 90 valence electrons. The molecule has 0 aliphatic rings. The Morgan fingerprint density at radius 1 is 1.47 bits per heavy atom. The Morgan fingerprint density at radius 2 is 2.35 bits per heavy atom. The van der Waals surface area contributed by atoms with Crippen LogP contribution in [0.25, 0.3) is 0 Å². The average molecular weight is 250 g/mol. The van der Waals surface area contributed by atoms with E-state index in [2.05, 4.69) is 4.98 Å². The van der Waals surface area contributed by atoms with Crippen LogP contribution in [-0.4, -0.2) is 11.6 Å². The molecule has 0 radical (unpaired) electrons. The molecule has 1 heterocycles. The van der Waals surface area contributed by atoms with Gasteiger partial charge < -0.3 is 14.9 Å². The molecule has 0 amide bonds. The first kappa shape index (κ1) is 11.9. The number of nitrogens with two attached hydrogens (primary N) is 1. The number of thioether (sulfide) groups is 1. The first-order valence-electron chi connectivity index (χ1n) is 5.33. The second-order valence-electron chi connectivity index (χ2n) is 3.39. The number of aromatic nitrogens is 1. The summed E-state index contributed by atoms with van der Waals surface area (Å²) in [5.74, 6) is 1.58. The monoisotopic (exact) mass is 250 g/mol.